The van der Waals surface area contributed by atoms with E-state index < -0.39 is 35.5 Å². The first kappa shape index (κ1) is 21.9. The van der Waals surface area contributed by atoms with Gasteiger partial charge in [-0.25, -0.2) is 0 Å². The minimum atomic E-state index is -4.52. The SMILES string of the molecule is Cc1cc(C(=O)COC(=O)C[C@H]2Sc3ccc(C(F)(F)F)cc3NC2=O)c(C)n1C. The highest BCUT2D eigenvalue weighted by atomic mass is 32.2. The van der Waals surface area contributed by atoms with Crippen molar-refractivity contribution in [3.63, 3.8) is 0 Å². The molecule has 10 heteroatoms. The van der Waals surface area contributed by atoms with E-state index in [4.69, 9.17) is 4.74 Å². The summed E-state index contributed by atoms with van der Waals surface area (Å²) < 4.78 is 45.3. The van der Waals surface area contributed by atoms with Crippen molar-refractivity contribution in [1.82, 2.24) is 4.57 Å². The summed E-state index contributed by atoms with van der Waals surface area (Å²) in [7, 11) is 1.82. The van der Waals surface area contributed by atoms with Crippen molar-refractivity contribution in [3.8, 4) is 0 Å². The number of rotatable bonds is 5. The van der Waals surface area contributed by atoms with Crippen LogP contribution in [0.1, 0.15) is 33.7 Å². The Bertz CT molecular complexity index is 1030. The molecular formula is C20H19F3N2O4S. The highest BCUT2D eigenvalue weighted by Gasteiger charge is 2.34. The molecular weight excluding hydrogens is 421 g/mol. The number of esters is 1. The molecule has 0 aliphatic carbocycles. The number of fused-ring (bicyclic) bond motifs is 1. The summed E-state index contributed by atoms with van der Waals surface area (Å²) in [6, 6.07) is 4.74. The fourth-order valence-corrected chi connectivity index (χ4v) is 4.11. The number of carbonyl (C=O) groups is 3. The molecule has 0 radical (unpaired) electrons. The van der Waals surface area contributed by atoms with Gasteiger partial charge in [0.2, 0.25) is 11.7 Å². The number of ether oxygens (including phenoxy) is 1. The zero-order valence-corrected chi connectivity index (χ0v) is 17.2. The first-order valence-corrected chi connectivity index (χ1v) is 9.86. The summed E-state index contributed by atoms with van der Waals surface area (Å²) in [5, 5.41) is 1.53. The van der Waals surface area contributed by atoms with E-state index >= 15 is 0 Å². The van der Waals surface area contributed by atoms with Gasteiger partial charge in [-0.3, -0.25) is 14.4 Å². The monoisotopic (exact) mass is 440 g/mol. The third-order valence-electron chi connectivity index (χ3n) is 4.92. The van der Waals surface area contributed by atoms with Gasteiger partial charge in [-0.2, -0.15) is 13.2 Å². The quantitative estimate of drug-likeness (QED) is 0.564. The van der Waals surface area contributed by atoms with Crippen molar-refractivity contribution < 1.29 is 32.3 Å². The molecule has 1 aliphatic rings. The van der Waals surface area contributed by atoms with E-state index in [1.165, 1.54) is 6.07 Å². The molecule has 0 unspecified atom stereocenters. The van der Waals surface area contributed by atoms with Crippen LogP contribution >= 0.6 is 11.8 Å². The number of benzene rings is 1. The zero-order valence-electron chi connectivity index (χ0n) is 16.4. The molecule has 160 valence electrons. The number of nitrogens with zero attached hydrogens (tertiary/aromatic N) is 1. The Balaban J connectivity index is 1.60. The van der Waals surface area contributed by atoms with Gasteiger partial charge >= 0.3 is 12.1 Å². The molecule has 2 heterocycles. The van der Waals surface area contributed by atoms with E-state index in [0.717, 1.165) is 35.3 Å². The van der Waals surface area contributed by atoms with Crippen LogP contribution in [0.5, 0.6) is 0 Å². The number of Topliss-reactive ketones (excluding diaryl/α,β-unsaturated/α-hetero) is 1. The average Bonchev–Trinajstić information content (AvgIpc) is 2.93. The molecule has 2 aromatic rings. The predicted octanol–water partition coefficient (Wildman–Crippen LogP) is 3.89. The number of aryl methyl sites for hydroxylation is 1. The zero-order chi connectivity index (χ0) is 22.2. The van der Waals surface area contributed by atoms with Crippen LogP contribution in [-0.4, -0.2) is 34.1 Å². The van der Waals surface area contributed by atoms with Crippen LogP contribution < -0.4 is 5.32 Å². The minimum Gasteiger partial charge on any atom is -0.457 e. The maximum absolute atomic E-state index is 12.8. The maximum atomic E-state index is 12.8. The van der Waals surface area contributed by atoms with Gasteiger partial charge in [-0.05, 0) is 38.1 Å². The highest BCUT2D eigenvalue weighted by molar-refractivity contribution is 8.01. The number of thioether (sulfide) groups is 1. The molecule has 1 aliphatic heterocycles. The minimum absolute atomic E-state index is 0.0505. The van der Waals surface area contributed by atoms with Crippen LogP contribution in [0.4, 0.5) is 18.9 Å². The number of nitrogens with one attached hydrogen (secondary N) is 1. The third kappa shape index (κ3) is 4.53. The Morgan fingerprint density at radius 2 is 1.93 bits per heavy atom. The van der Waals surface area contributed by atoms with Crippen LogP contribution in [0.2, 0.25) is 0 Å². The normalized spacial score (nSPS) is 16.1. The van der Waals surface area contributed by atoms with E-state index in [9.17, 15) is 27.6 Å². The van der Waals surface area contributed by atoms with Gasteiger partial charge in [0.15, 0.2) is 6.61 Å². The molecule has 3 rings (SSSR count). The third-order valence-corrected chi connectivity index (χ3v) is 6.19. The van der Waals surface area contributed by atoms with Crippen LogP contribution in [-0.2, 0) is 27.5 Å². The average molecular weight is 440 g/mol. The van der Waals surface area contributed by atoms with Gasteiger partial charge in [0.25, 0.3) is 0 Å². The van der Waals surface area contributed by atoms with E-state index in [2.05, 4.69) is 5.32 Å². The molecule has 6 nitrogen and oxygen atoms in total. The number of aromatic nitrogens is 1. The maximum Gasteiger partial charge on any atom is 0.416 e. The van der Waals surface area contributed by atoms with Crippen LogP contribution in [0, 0.1) is 13.8 Å². The summed E-state index contributed by atoms with van der Waals surface area (Å²) >= 11 is 0.983. The van der Waals surface area contributed by atoms with Gasteiger partial charge in [0, 0.05) is 28.9 Å². The van der Waals surface area contributed by atoms with Crippen molar-refractivity contribution in [1.29, 1.82) is 0 Å². The number of carbonyl (C=O) groups excluding carboxylic acids is 3. The summed E-state index contributed by atoms with van der Waals surface area (Å²) in [4.78, 5) is 37.1. The van der Waals surface area contributed by atoms with E-state index in [-0.39, 0.29) is 17.9 Å². The Kier molecular flexibility index (Phi) is 5.98. The van der Waals surface area contributed by atoms with Crippen molar-refractivity contribution in [2.75, 3.05) is 11.9 Å². The lowest BCUT2D eigenvalue weighted by Crippen LogP contribution is -2.32. The summed E-state index contributed by atoms with van der Waals surface area (Å²) in [6.07, 6.45) is -4.83. The number of hydrogen-bond donors (Lipinski definition) is 1. The van der Waals surface area contributed by atoms with E-state index in [1.807, 2.05) is 18.5 Å². The summed E-state index contributed by atoms with van der Waals surface area (Å²) in [5.41, 5.74) is 1.29. The van der Waals surface area contributed by atoms with Crippen LogP contribution in [0.25, 0.3) is 0 Å². The van der Waals surface area contributed by atoms with Crippen molar-refractivity contribution in [2.24, 2.45) is 7.05 Å². The van der Waals surface area contributed by atoms with Crippen molar-refractivity contribution >= 4 is 35.1 Å². The van der Waals surface area contributed by atoms with Crippen molar-refractivity contribution in [2.45, 2.75) is 36.6 Å². The first-order valence-electron chi connectivity index (χ1n) is 8.98. The smallest absolute Gasteiger partial charge is 0.416 e. The standard InChI is InChI=1S/C20H19F3N2O4S/c1-10-6-13(11(2)25(10)3)15(26)9-29-18(27)8-17-19(28)24-14-7-12(20(21,22)23)4-5-16(14)30-17/h4-7,17H,8-9H2,1-3H3,(H,24,28)/t17-/m1/s1. The fraction of sp³-hybridized carbons (Fsp3) is 0.350. The number of ketones is 1. The molecule has 0 bridgehead atoms. The molecule has 0 saturated carbocycles. The molecule has 1 amide bonds. The fourth-order valence-electron chi connectivity index (χ4n) is 3.03. The van der Waals surface area contributed by atoms with Gasteiger partial charge < -0.3 is 14.6 Å². The van der Waals surface area contributed by atoms with Gasteiger partial charge in [0.05, 0.1) is 22.9 Å². The Morgan fingerprint density at radius 3 is 2.53 bits per heavy atom. The lowest BCUT2D eigenvalue weighted by Gasteiger charge is -2.24. The van der Waals surface area contributed by atoms with Gasteiger partial charge in [0.1, 0.15) is 0 Å². The second-order valence-corrected chi connectivity index (χ2v) is 8.18. The lowest BCUT2D eigenvalue weighted by molar-refractivity contribution is -0.143. The molecule has 30 heavy (non-hydrogen) atoms. The number of anilines is 1. The Labute approximate surface area is 174 Å². The highest BCUT2D eigenvalue weighted by Crippen LogP contribution is 2.40. The molecule has 1 aromatic carbocycles. The van der Waals surface area contributed by atoms with E-state index in [0.29, 0.717) is 10.5 Å². The topological polar surface area (TPSA) is 77.4 Å². The molecule has 1 atom stereocenters. The second-order valence-electron chi connectivity index (χ2n) is 6.94. The number of hydrogen-bond acceptors (Lipinski definition) is 5. The van der Waals surface area contributed by atoms with Crippen molar-refractivity contribution in [3.05, 3.63) is 46.8 Å². The number of amides is 1. The predicted molar refractivity (Wildman–Crippen MR) is 105 cm³/mol. The molecule has 0 fully saturated rings. The van der Waals surface area contributed by atoms with Crippen LogP contribution in [0.3, 0.4) is 0 Å². The van der Waals surface area contributed by atoms with E-state index in [1.54, 1.807) is 13.0 Å². The number of alkyl halides is 3. The van der Waals surface area contributed by atoms with Gasteiger partial charge in [-0.15, -0.1) is 11.8 Å². The Morgan fingerprint density at radius 1 is 1.23 bits per heavy atom. The molecule has 1 aromatic heterocycles. The van der Waals surface area contributed by atoms with Gasteiger partial charge in [-0.1, -0.05) is 0 Å². The lowest BCUT2D eigenvalue weighted by atomic mass is 10.1. The summed E-state index contributed by atoms with van der Waals surface area (Å²) in [6.45, 7) is 3.19. The molecule has 0 saturated heterocycles. The second kappa shape index (κ2) is 8.17. The summed E-state index contributed by atoms with van der Waals surface area (Å²) in [5.74, 6) is -1.68. The number of halogens is 3. The largest absolute Gasteiger partial charge is 0.457 e. The molecule has 0 spiro atoms. The Hall–Kier alpha value is -2.75. The first-order chi connectivity index (χ1) is 14.0. The molecule has 1 N–H and O–H groups in total. The van der Waals surface area contributed by atoms with Crippen LogP contribution in [0.15, 0.2) is 29.2 Å².